The summed E-state index contributed by atoms with van der Waals surface area (Å²) in [5.41, 5.74) is 9.40. The predicted molar refractivity (Wildman–Crippen MR) is 199 cm³/mol. The van der Waals surface area contributed by atoms with E-state index in [0.717, 1.165) is 46.5 Å². The Labute approximate surface area is 304 Å². The largest absolute Gasteiger partial charge is 0.569 e. The van der Waals surface area contributed by atoms with Crippen molar-refractivity contribution in [2.75, 3.05) is 0 Å². The third-order valence-electron chi connectivity index (χ3n) is 9.18. The number of nitrogens with zero attached hydrogens (tertiary/aromatic N) is 4. The molecule has 7 aromatic rings. The number of rotatable bonds is 13. The molecule has 0 aliphatic heterocycles. The van der Waals surface area contributed by atoms with Crippen molar-refractivity contribution in [1.82, 2.24) is 0 Å². The molecule has 10 heteroatoms. The van der Waals surface area contributed by atoms with Crippen molar-refractivity contribution in [2.24, 2.45) is 0 Å². The van der Waals surface area contributed by atoms with Crippen LogP contribution in [-0.2, 0) is 26.2 Å². The van der Waals surface area contributed by atoms with Crippen LogP contribution in [0.1, 0.15) is 22.3 Å². The second-order valence-electron chi connectivity index (χ2n) is 12.8. The van der Waals surface area contributed by atoms with Gasteiger partial charge in [-0.15, -0.1) is 0 Å². The van der Waals surface area contributed by atoms with Crippen LogP contribution in [0.2, 0.25) is 0 Å². The minimum absolute atomic E-state index is 0.523. The summed E-state index contributed by atoms with van der Waals surface area (Å²) in [4.78, 5) is 0. The van der Waals surface area contributed by atoms with Crippen molar-refractivity contribution in [3.63, 3.8) is 0 Å². The van der Waals surface area contributed by atoms with Gasteiger partial charge in [-0.05, 0) is 39.8 Å². The first-order valence-corrected chi connectivity index (χ1v) is 17.2. The molecule has 52 heavy (non-hydrogen) atoms. The van der Waals surface area contributed by atoms with Crippen molar-refractivity contribution in [3.05, 3.63) is 193 Å². The third kappa shape index (κ3) is 8.68. The second-order valence-corrected chi connectivity index (χ2v) is 12.8. The standard InChI is InChI=1S/C42H39B2N4O4/c49-43-52-42-8-4-2-6-40(42)32-48-27-19-38(20-28-48)36-15-23-46(24-16-36)30-34-11-9-33(10-12-34)29-45-21-13-35(14-22-45)37-17-25-47(26-18-37)31-39-5-1-3-7-41(39)44(50)51/h1-28,49-51H,29-32H2/q+4. The Kier molecular flexibility index (Phi) is 10.9. The van der Waals surface area contributed by atoms with E-state index in [0.29, 0.717) is 32.0 Å². The fraction of sp³-hybridized carbons (Fsp3) is 0.0952. The summed E-state index contributed by atoms with van der Waals surface area (Å²) in [5, 5.41) is 28.4. The molecule has 1 radical (unpaired) electrons. The zero-order valence-electron chi connectivity index (χ0n) is 28.7. The van der Waals surface area contributed by atoms with Crippen molar-refractivity contribution in [2.45, 2.75) is 26.2 Å². The van der Waals surface area contributed by atoms with Gasteiger partial charge in [-0.3, -0.25) is 0 Å². The van der Waals surface area contributed by atoms with Crippen molar-refractivity contribution in [3.8, 4) is 28.0 Å². The highest BCUT2D eigenvalue weighted by atomic mass is 16.5. The Morgan fingerprint density at radius 3 is 1.23 bits per heavy atom. The number of para-hydroxylation sites is 1. The summed E-state index contributed by atoms with van der Waals surface area (Å²) in [7, 11) is -0.774. The maximum atomic E-state index is 9.68. The molecule has 0 aliphatic rings. The smallest absolute Gasteiger partial charge is 0.537 e. The average Bonchev–Trinajstić information content (AvgIpc) is 3.18. The maximum Gasteiger partial charge on any atom is 0.569 e. The highest BCUT2D eigenvalue weighted by molar-refractivity contribution is 6.59. The first-order valence-electron chi connectivity index (χ1n) is 17.2. The lowest BCUT2D eigenvalue weighted by molar-refractivity contribution is -0.689. The van der Waals surface area contributed by atoms with Gasteiger partial charge < -0.3 is 19.7 Å². The Hall–Kier alpha value is -5.93. The molecule has 0 bridgehead atoms. The lowest BCUT2D eigenvalue weighted by atomic mass is 9.77. The minimum atomic E-state index is -1.49. The molecule has 7 rings (SSSR count). The van der Waals surface area contributed by atoms with Gasteiger partial charge in [0.15, 0.2) is 75.8 Å². The molecule has 3 aromatic carbocycles. The Bertz CT molecular complexity index is 2220. The molecular weight excluding hydrogens is 646 g/mol. The van der Waals surface area contributed by atoms with Gasteiger partial charge in [-0.25, -0.2) is 18.3 Å². The van der Waals surface area contributed by atoms with Gasteiger partial charge in [0.1, 0.15) is 5.75 Å². The first-order chi connectivity index (χ1) is 25.5. The lowest BCUT2D eigenvalue weighted by Gasteiger charge is -2.07. The van der Waals surface area contributed by atoms with E-state index in [1.807, 2.05) is 59.4 Å². The van der Waals surface area contributed by atoms with Gasteiger partial charge in [0.25, 0.3) is 0 Å². The molecule has 4 heterocycles. The second kappa shape index (κ2) is 16.4. The molecule has 0 saturated carbocycles. The van der Waals surface area contributed by atoms with Crippen LogP contribution in [0.3, 0.4) is 0 Å². The van der Waals surface area contributed by atoms with Crippen molar-refractivity contribution >= 4 is 20.3 Å². The minimum Gasteiger partial charge on any atom is -0.537 e. The normalized spacial score (nSPS) is 10.9. The SMILES string of the molecule is O[B]Oc1ccccc1C[n+]1ccc(-c2cc[n+](Cc3ccc(C[n+]4ccc(-c5cc[n+](Cc6ccccc6B(O)O)cc5)cc4)cc3)cc2)cc1. The van der Waals surface area contributed by atoms with E-state index < -0.39 is 7.12 Å². The molecule has 0 aliphatic carbocycles. The van der Waals surface area contributed by atoms with E-state index in [1.54, 1.807) is 6.07 Å². The Balaban J connectivity index is 0.915. The molecule has 0 amide bonds. The van der Waals surface area contributed by atoms with E-state index in [9.17, 15) is 10.0 Å². The van der Waals surface area contributed by atoms with Crippen LogP contribution in [0.5, 0.6) is 5.75 Å². The summed E-state index contributed by atoms with van der Waals surface area (Å²) in [5.74, 6) is 0.634. The number of hydrogen-bond acceptors (Lipinski definition) is 4. The summed E-state index contributed by atoms with van der Waals surface area (Å²) < 4.78 is 13.7. The molecule has 253 valence electrons. The van der Waals surface area contributed by atoms with Crippen LogP contribution in [-0.4, -0.2) is 29.9 Å². The highest BCUT2D eigenvalue weighted by Gasteiger charge is 2.18. The zero-order chi connectivity index (χ0) is 35.7. The van der Waals surface area contributed by atoms with Crippen LogP contribution < -0.4 is 28.4 Å². The molecule has 8 nitrogen and oxygen atoms in total. The van der Waals surface area contributed by atoms with Crippen LogP contribution in [0.15, 0.2) is 171 Å². The number of benzene rings is 3. The monoisotopic (exact) mass is 685 g/mol. The number of aromatic nitrogens is 4. The average molecular weight is 685 g/mol. The topological polar surface area (TPSA) is 85.4 Å². The van der Waals surface area contributed by atoms with Crippen LogP contribution >= 0.6 is 0 Å². The fourth-order valence-corrected chi connectivity index (χ4v) is 6.32. The summed E-state index contributed by atoms with van der Waals surface area (Å²) in [6.07, 6.45) is 16.6. The molecular formula is C42H39B2N4O4+4. The maximum absolute atomic E-state index is 9.68. The quantitative estimate of drug-likeness (QED) is 0.129. The number of pyridine rings is 4. The Morgan fingerprint density at radius 1 is 0.442 bits per heavy atom. The summed E-state index contributed by atoms with van der Waals surface area (Å²) in [6, 6.07) is 40.8. The molecule has 0 fully saturated rings. The van der Waals surface area contributed by atoms with Gasteiger partial charge in [-0.1, -0.05) is 60.7 Å². The van der Waals surface area contributed by atoms with Crippen LogP contribution in [0, 0.1) is 0 Å². The van der Waals surface area contributed by atoms with Crippen LogP contribution in [0.25, 0.3) is 22.3 Å². The Morgan fingerprint density at radius 2 is 0.808 bits per heavy atom. The van der Waals surface area contributed by atoms with E-state index in [2.05, 4.69) is 124 Å². The zero-order valence-corrected chi connectivity index (χ0v) is 28.7. The summed E-state index contributed by atoms with van der Waals surface area (Å²) >= 11 is 0. The molecule has 4 aromatic heterocycles. The van der Waals surface area contributed by atoms with E-state index in [-0.39, 0.29) is 0 Å². The van der Waals surface area contributed by atoms with Gasteiger partial charge in [0.05, 0.1) is 5.56 Å². The first kappa shape index (κ1) is 34.5. The molecule has 0 spiro atoms. The van der Waals surface area contributed by atoms with E-state index in [4.69, 9.17) is 9.68 Å². The van der Waals surface area contributed by atoms with Gasteiger partial charge in [0, 0.05) is 65.2 Å². The predicted octanol–water partition coefficient (Wildman–Crippen LogP) is 2.95. The van der Waals surface area contributed by atoms with Crippen LogP contribution in [0.4, 0.5) is 0 Å². The molecule has 0 saturated heterocycles. The van der Waals surface area contributed by atoms with Gasteiger partial charge >= 0.3 is 14.8 Å². The van der Waals surface area contributed by atoms with E-state index >= 15 is 0 Å². The molecule has 0 atom stereocenters. The lowest BCUT2D eigenvalue weighted by Crippen LogP contribution is -2.40. The van der Waals surface area contributed by atoms with Gasteiger partial charge in [-0.2, -0.15) is 0 Å². The molecule has 0 unspecified atom stereocenters. The van der Waals surface area contributed by atoms with Crippen molar-refractivity contribution < 1.29 is 38.0 Å². The van der Waals surface area contributed by atoms with E-state index in [1.165, 1.54) is 11.1 Å². The highest BCUT2D eigenvalue weighted by Crippen LogP contribution is 2.19. The fourth-order valence-electron chi connectivity index (χ4n) is 6.32. The third-order valence-corrected chi connectivity index (χ3v) is 9.18. The number of hydrogen-bond donors (Lipinski definition) is 3. The van der Waals surface area contributed by atoms with Gasteiger partial charge in [0.2, 0.25) is 0 Å². The molecule has 3 N–H and O–H groups in total. The van der Waals surface area contributed by atoms with Crippen molar-refractivity contribution in [1.29, 1.82) is 0 Å². The summed E-state index contributed by atoms with van der Waals surface area (Å²) in [6.45, 7) is 2.77.